The number of hydrogen-bond donors (Lipinski definition) is 1. The number of nitrogens with one attached hydrogen (secondary N) is 1. The number of halogens is 3. The summed E-state index contributed by atoms with van der Waals surface area (Å²) >= 11 is 4.93. The summed E-state index contributed by atoms with van der Waals surface area (Å²) < 4.78 is 35.5. The van der Waals surface area contributed by atoms with Gasteiger partial charge in [0.15, 0.2) is 0 Å². The second-order valence-electron chi connectivity index (χ2n) is 4.00. The van der Waals surface area contributed by atoms with Crippen molar-refractivity contribution in [3.05, 3.63) is 41.6 Å². The molecule has 1 rings (SSSR count). The third-order valence-electron chi connectivity index (χ3n) is 2.44. The summed E-state index contributed by atoms with van der Waals surface area (Å²) in [6.45, 7) is 1.89. The van der Waals surface area contributed by atoms with Gasteiger partial charge >= 0.3 is 17.3 Å². The van der Waals surface area contributed by atoms with Gasteiger partial charge in [0.1, 0.15) is 5.70 Å². The zero-order chi connectivity index (χ0) is 16.8. The molecule has 0 spiro atoms. The van der Waals surface area contributed by atoms with E-state index in [0.29, 0.717) is 6.08 Å². The molecule has 1 aromatic rings. The van der Waals surface area contributed by atoms with Gasteiger partial charge in [-0.1, -0.05) is 0 Å². The van der Waals surface area contributed by atoms with E-state index in [1.54, 1.807) is 6.92 Å². The van der Waals surface area contributed by atoms with Crippen LogP contribution in [0, 0.1) is 0 Å². The van der Waals surface area contributed by atoms with Crippen LogP contribution in [0.4, 0.5) is 14.5 Å². The molecule has 0 amide bonds. The van der Waals surface area contributed by atoms with E-state index in [2.05, 4.69) is 10.1 Å². The van der Waals surface area contributed by atoms with E-state index in [-0.39, 0.29) is 17.9 Å². The van der Waals surface area contributed by atoms with Crippen LogP contribution in [0.25, 0.3) is 0 Å². The van der Waals surface area contributed by atoms with Gasteiger partial charge < -0.3 is 14.8 Å². The number of carbonyl (C=O) groups excluding carboxylic acids is 2. The Bertz CT molecular complexity index is 567. The fourth-order valence-corrected chi connectivity index (χ4v) is 1.53. The van der Waals surface area contributed by atoms with Crippen molar-refractivity contribution in [2.24, 2.45) is 0 Å². The highest BCUT2D eigenvalue weighted by Crippen LogP contribution is 2.29. The van der Waals surface area contributed by atoms with Crippen LogP contribution in [0.2, 0.25) is 0 Å². The summed E-state index contributed by atoms with van der Waals surface area (Å²) in [4.78, 5) is 22.5. The summed E-state index contributed by atoms with van der Waals surface area (Å²) in [5, 5.41) is -1.48. The quantitative estimate of drug-likeness (QED) is 0.492. The van der Waals surface area contributed by atoms with Crippen LogP contribution >= 0.6 is 11.6 Å². The highest BCUT2D eigenvalue weighted by molar-refractivity contribution is 6.24. The van der Waals surface area contributed by atoms with Crippen LogP contribution in [-0.4, -0.2) is 31.0 Å². The van der Waals surface area contributed by atoms with E-state index in [0.717, 1.165) is 7.11 Å². The summed E-state index contributed by atoms with van der Waals surface area (Å²) in [6, 6.07) is 5.53. The molecule has 0 saturated carbocycles. The number of carbonyl (C=O) groups is 2. The summed E-state index contributed by atoms with van der Waals surface area (Å²) in [6.07, 6.45) is 0.548. The maximum absolute atomic E-state index is 13.2. The SMILES string of the molecule is CCOC(=O)c1ccc(N/C(=C/C(=O)OC)C(F)(F)Cl)cc1. The monoisotopic (exact) mass is 333 g/mol. The number of allylic oxidation sites excluding steroid dienone is 1. The molecule has 5 nitrogen and oxygen atoms in total. The average molecular weight is 334 g/mol. The fraction of sp³-hybridized carbons (Fsp3) is 0.286. The first-order valence-corrected chi connectivity index (χ1v) is 6.56. The Kier molecular flexibility index (Phi) is 6.30. The molecule has 0 heterocycles. The lowest BCUT2D eigenvalue weighted by atomic mass is 10.2. The third-order valence-corrected chi connectivity index (χ3v) is 2.65. The number of methoxy groups -OCH3 is 1. The first kappa shape index (κ1) is 17.9. The summed E-state index contributed by atoms with van der Waals surface area (Å²) in [5.74, 6) is -1.51. The lowest BCUT2D eigenvalue weighted by Crippen LogP contribution is -2.19. The van der Waals surface area contributed by atoms with E-state index >= 15 is 0 Å². The molecule has 0 radical (unpaired) electrons. The minimum Gasteiger partial charge on any atom is -0.466 e. The van der Waals surface area contributed by atoms with Gasteiger partial charge in [0.25, 0.3) is 0 Å². The average Bonchev–Trinajstić information content (AvgIpc) is 2.46. The van der Waals surface area contributed by atoms with Crippen LogP contribution in [0.5, 0.6) is 0 Å². The number of esters is 2. The van der Waals surface area contributed by atoms with Crippen molar-refractivity contribution in [3.8, 4) is 0 Å². The molecule has 0 aromatic heterocycles. The molecule has 0 aliphatic carbocycles. The highest BCUT2D eigenvalue weighted by Gasteiger charge is 2.32. The number of ether oxygens (including phenoxy) is 2. The zero-order valence-electron chi connectivity index (χ0n) is 11.9. The predicted octanol–water partition coefficient (Wildman–Crippen LogP) is 3.16. The zero-order valence-corrected chi connectivity index (χ0v) is 12.6. The van der Waals surface area contributed by atoms with Crippen LogP contribution < -0.4 is 5.32 Å². The molecule has 8 heteroatoms. The molecule has 120 valence electrons. The third kappa shape index (κ3) is 5.33. The van der Waals surface area contributed by atoms with Gasteiger partial charge in [0, 0.05) is 5.69 Å². The Hall–Kier alpha value is -2.15. The summed E-state index contributed by atoms with van der Waals surface area (Å²) in [5.41, 5.74) is -0.364. The van der Waals surface area contributed by atoms with E-state index in [9.17, 15) is 18.4 Å². The highest BCUT2D eigenvalue weighted by atomic mass is 35.5. The number of alkyl halides is 3. The van der Waals surface area contributed by atoms with Crippen LogP contribution in [-0.2, 0) is 14.3 Å². The number of hydrogen-bond acceptors (Lipinski definition) is 5. The van der Waals surface area contributed by atoms with Crippen molar-refractivity contribution < 1.29 is 27.8 Å². The van der Waals surface area contributed by atoms with Crippen molar-refractivity contribution in [3.63, 3.8) is 0 Å². The molecule has 1 aromatic carbocycles. The van der Waals surface area contributed by atoms with Crippen LogP contribution in [0.1, 0.15) is 17.3 Å². The topological polar surface area (TPSA) is 64.6 Å². The molecule has 0 aliphatic rings. The Morgan fingerprint density at radius 1 is 1.32 bits per heavy atom. The first-order valence-electron chi connectivity index (χ1n) is 6.19. The van der Waals surface area contributed by atoms with E-state index < -0.39 is 23.0 Å². The molecule has 1 N–H and O–H groups in total. The maximum atomic E-state index is 13.2. The number of rotatable bonds is 6. The van der Waals surface area contributed by atoms with Crippen molar-refractivity contribution >= 4 is 29.2 Å². The molecule has 0 unspecified atom stereocenters. The van der Waals surface area contributed by atoms with Gasteiger partial charge in [0.2, 0.25) is 0 Å². The van der Waals surface area contributed by atoms with Gasteiger partial charge in [-0.25, -0.2) is 9.59 Å². The van der Waals surface area contributed by atoms with Gasteiger partial charge in [-0.2, -0.15) is 8.78 Å². The molecule has 0 aliphatic heterocycles. The summed E-state index contributed by atoms with van der Waals surface area (Å²) in [7, 11) is 1.05. The second-order valence-corrected chi connectivity index (χ2v) is 4.48. The molecular formula is C14H14ClF2NO4. The van der Waals surface area contributed by atoms with E-state index in [1.807, 2.05) is 0 Å². The molecule has 0 bridgehead atoms. The smallest absolute Gasteiger partial charge is 0.362 e. The Morgan fingerprint density at radius 2 is 1.91 bits per heavy atom. The molecule has 22 heavy (non-hydrogen) atoms. The van der Waals surface area contributed by atoms with Crippen molar-refractivity contribution in [1.82, 2.24) is 0 Å². The molecular weight excluding hydrogens is 320 g/mol. The van der Waals surface area contributed by atoms with Gasteiger partial charge in [-0.3, -0.25) is 0 Å². The van der Waals surface area contributed by atoms with Crippen molar-refractivity contribution in [2.45, 2.75) is 12.3 Å². The minimum atomic E-state index is -3.78. The number of benzene rings is 1. The lowest BCUT2D eigenvalue weighted by molar-refractivity contribution is -0.135. The standard InChI is InChI=1S/C14H14ClF2NO4/c1-3-22-13(20)9-4-6-10(7-5-9)18-11(14(15,16)17)8-12(19)21-2/h4-8,18H,3H2,1-2H3/b11-8+. The Labute approximate surface area is 130 Å². The molecule has 0 atom stereocenters. The predicted molar refractivity (Wildman–Crippen MR) is 76.9 cm³/mol. The van der Waals surface area contributed by atoms with E-state index in [1.165, 1.54) is 24.3 Å². The second kappa shape index (κ2) is 7.74. The van der Waals surface area contributed by atoms with E-state index in [4.69, 9.17) is 16.3 Å². The first-order chi connectivity index (χ1) is 10.3. The number of anilines is 1. The van der Waals surface area contributed by atoms with Crippen molar-refractivity contribution in [2.75, 3.05) is 19.0 Å². The molecule has 0 fully saturated rings. The van der Waals surface area contributed by atoms with Gasteiger partial charge in [-0.05, 0) is 42.8 Å². The Balaban J connectivity index is 2.93. The van der Waals surface area contributed by atoms with Gasteiger partial charge in [-0.15, -0.1) is 0 Å². The molecule has 0 saturated heterocycles. The maximum Gasteiger partial charge on any atom is 0.362 e. The fourth-order valence-electron chi connectivity index (χ4n) is 1.43. The van der Waals surface area contributed by atoms with Crippen LogP contribution in [0.3, 0.4) is 0 Å². The minimum absolute atomic E-state index is 0.212. The largest absolute Gasteiger partial charge is 0.466 e. The van der Waals surface area contributed by atoms with Crippen molar-refractivity contribution in [1.29, 1.82) is 0 Å². The lowest BCUT2D eigenvalue weighted by Gasteiger charge is -2.15. The van der Waals surface area contributed by atoms with Crippen LogP contribution in [0.15, 0.2) is 36.0 Å². The van der Waals surface area contributed by atoms with Gasteiger partial charge in [0.05, 0.1) is 25.4 Å². The Morgan fingerprint density at radius 3 is 2.36 bits per heavy atom. The normalized spacial score (nSPS) is 11.8.